The van der Waals surface area contributed by atoms with Crippen molar-refractivity contribution in [3.63, 3.8) is 0 Å². The van der Waals surface area contributed by atoms with Crippen molar-refractivity contribution in [2.75, 3.05) is 11.9 Å². The molecule has 0 spiro atoms. The third-order valence-corrected chi connectivity index (χ3v) is 3.56. The molecule has 0 saturated heterocycles. The zero-order valence-electron chi connectivity index (χ0n) is 12.3. The average molecular weight is 395 g/mol. The molecular formula is C16H15BrN2O3S. The van der Waals surface area contributed by atoms with Crippen molar-refractivity contribution in [3.05, 3.63) is 52.5 Å². The summed E-state index contributed by atoms with van der Waals surface area (Å²) in [6, 6.07) is 11.8. The van der Waals surface area contributed by atoms with E-state index in [1.165, 1.54) is 6.07 Å². The molecule has 0 aliphatic rings. The number of carbonyl (C=O) groups excluding carboxylic acids is 1. The molecule has 2 aromatic carbocycles. The molecule has 0 saturated carbocycles. The van der Waals surface area contributed by atoms with E-state index in [2.05, 4.69) is 26.6 Å². The van der Waals surface area contributed by atoms with Crippen LogP contribution in [0.5, 0.6) is 11.5 Å². The van der Waals surface area contributed by atoms with Gasteiger partial charge in [0.2, 0.25) is 0 Å². The Kier molecular flexibility index (Phi) is 5.95. The lowest BCUT2D eigenvalue weighted by atomic mass is 10.2. The zero-order chi connectivity index (χ0) is 16.8. The predicted molar refractivity (Wildman–Crippen MR) is 97.1 cm³/mol. The topological polar surface area (TPSA) is 70.6 Å². The minimum Gasteiger partial charge on any atom is -0.506 e. The Hall–Kier alpha value is -2.12. The van der Waals surface area contributed by atoms with Gasteiger partial charge in [-0.2, -0.15) is 0 Å². The molecule has 0 aliphatic carbocycles. The largest absolute Gasteiger partial charge is 0.506 e. The lowest BCUT2D eigenvalue weighted by Gasteiger charge is -2.13. The maximum absolute atomic E-state index is 12.4. The lowest BCUT2D eigenvalue weighted by molar-refractivity contribution is 0.0974. The second kappa shape index (κ2) is 7.94. The number of phenols is 1. The van der Waals surface area contributed by atoms with E-state index in [1.54, 1.807) is 36.4 Å². The van der Waals surface area contributed by atoms with E-state index >= 15 is 0 Å². The highest BCUT2D eigenvalue weighted by Crippen LogP contribution is 2.24. The van der Waals surface area contributed by atoms with E-state index in [-0.39, 0.29) is 10.9 Å². The van der Waals surface area contributed by atoms with E-state index in [9.17, 15) is 9.90 Å². The van der Waals surface area contributed by atoms with Crippen molar-refractivity contribution in [1.29, 1.82) is 0 Å². The SMILES string of the molecule is CCOc1ccc(Br)cc1C(=O)NC(=S)Nc1ccccc1O. The van der Waals surface area contributed by atoms with Crippen LogP contribution in [0.15, 0.2) is 46.9 Å². The van der Waals surface area contributed by atoms with Gasteiger partial charge in [-0.1, -0.05) is 28.1 Å². The number of hydrogen-bond donors (Lipinski definition) is 3. The molecule has 0 fully saturated rings. The summed E-state index contributed by atoms with van der Waals surface area (Å²) in [4.78, 5) is 12.4. The van der Waals surface area contributed by atoms with E-state index in [0.29, 0.717) is 23.6 Å². The van der Waals surface area contributed by atoms with Crippen LogP contribution in [0.4, 0.5) is 5.69 Å². The fourth-order valence-electron chi connectivity index (χ4n) is 1.86. The number of anilines is 1. The molecule has 2 rings (SSSR count). The molecule has 0 bridgehead atoms. The van der Waals surface area contributed by atoms with Gasteiger partial charge >= 0.3 is 0 Å². The average Bonchev–Trinajstić information content (AvgIpc) is 2.51. The van der Waals surface area contributed by atoms with Gasteiger partial charge in [0, 0.05) is 4.47 Å². The van der Waals surface area contributed by atoms with Gasteiger partial charge in [-0.05, 0) is 49.5 Å². The van der Waals surface area contributed by atoms with Gasteiger partial charge in [-0.15, -0.1) is 0 Å². The summed E-state index contributed by atoms with van der Waals surface area (Å²) in [6.45, 7) is 2.29. The first-order valence-electron chi connectivity index (χ1n) is 6.84. The first kappa shape index (κ1) is 17.2. The van der Waals surface area contributed by atoms with Gasteiger partial charge in [-0.25, -0.2) is 0 Å². The van der Waals surface area contributed by atoms with Gasteiger partial charge in [0.1, 0.15) is 11.5 Å². The van der Waals surface area contributed by atoms with Crippen LogP contribution in [0, 0.1) is 0 Å². The molecule has 7 heteroatoms. The van der Waals surface area contributed by atoms with Crippen molar-refractivity contribution < 1.29 is 14.6 Å². The summed E-state index contributed by atoms with van der Waals surface area (Å²) in [5, 5.41) is 15.1. The van der Waals surface area contributed by atoms with Crippen LogP contribution in [0.3, 0.4) is 0 Å². The number of amides is 1. The van der Waals surface area contributed by atoms with Crippen LogP contribution >= 0.6 is 28.1 Å². The molecule has 5 nitrogen and oxygen atoms in total. The third-order valence-electron chi connectivity index (χ3n) is 2.87. The Morgan fingerprint density at radius 1 is 1.30 bits per heavy atom. The smallest absolute Gasteiger partial charge is 0.261 e. The van der Waals surface area contributed by atoms with Crippen LogP contribution in [-0.2, 0) is 0 Å². The monoisotopic (exact) mass is 394 g/mol. The molecule has 1 amide bonds. The van der Waals surface area contributed by atoms with E-state index in [0.717, 1.165) is 4.47 Å². The van der Waals surface area contributed by atoms with E-state index < -0.39 is 5.91 Å². The molecule has 0 aliphatic heterocycles. The van der Waals surface area contributed by atoms with Crippen LogP contribution in [-0.4, -0.2) is 22.7 Å². The van der Waals surface area contributed by atoms with E-state index in [4.69, 9.17) is 17.0 Å². The fourth-order valence-corrected chi connectivity index (χ4v) is 2.43. The molecular weight excluding hydrogens is 380 g/mol. The number of halogens is 1. The summed E-state index contributed by atoms with van der Waals surface area (Å²) in [5.41, 5.74) is 0.778. The van der Waals surface area contributed by atoms with Crippen LogP contribution < -0.4 is 15.4 Å². The Labute approximate surface area is 147 Å². The molecule has 3 N–H and O–H groups in total. The maximum Gasteiger partial charge on any atom is 0.261 e. The van der Waals surface area contributed by atoms with Gasteiger partial charge in [0.05, 0.1) is 17.9 Å². The molecule has 0 aromatic heterocycles. The minimum atomic E-state index is -0.400. The van der Waals surface area contributed by atoms with Crippen molar-refractivity contribution >= 4 is 44.9 Å². The summed E-state index contributed by atoms with van der Waals surface area (Å²) in [6.07, 6.45) is 0. The first-order valence-corrected chi connectivity index (χ1v) is 8.04. The molecule has 0 heterocycles. The Morgan fingerprint density at radius 3 is 2.74 bits per heavy atom. The highest BCUT2D eigenvalue weighted by molar-refractivity contribution is 9.10. The van der Waals surface area contributed by atoms with Crippen molar-refractivity contribution in [3.8, 4) is 11.5 Å². The number of hydrogen-bond acceptors (Lipinski definition) is 4. The second-order valence-corrected chi connectivity index (χ2v) is 5.82. The normalized spacial score (nSPS) is 10.0. The summed E-state index contributed by atoms with van der Waals surface area (Å²) in [5.74, 6) is 0.114. The standard InChI is InChI=1S/C16H15BrN2O3S/c1-2-22-14-8-7-10(17)9-11(14)15(21)19-16(23)18-12-5-3-4-6-13(12)20/h3-9,20H,2H2,1H3,(H2,18,19,21,23). The first-order chi connectivity index (χ1) is 11.0. The minimum absolute atomic E-state index is 0.0431. The molecule has 0 atom stereocenters. The number of aromatic hydroxyl groups is 1. The summed E-state index contributed by atoms with van der Waals surface area (Å²) < 4.78 is 6.20. The Balaban J connectivity index is 2.11. The zero-order valence-corrected chi connectivity index (χ0v) is 14.7. The maximum atomic E-state index is 12.4. The van der Waals surface area contributed by atoms with Gasteiger partial charge < -0.3 is 15.2 Å². The number of thiocarbonyl (C=S) groups is 1. The van der Waals surface area contributed by atoms with Gasteiger partial charge in [-0.3, -0.25) is 10.1 Å². The van der Waals surface area contributed by atoms with Crippen molar-refractivity contribution in [1.82, 2.24) is 5.32 Å². The highest BCUT2D eigenvalue weighted by Gasteiger charge is 2.15. The number of ether oxygens (including phenoxy) is 1. The lowest BCUT2D eigenvalue weighted by Crippen LogP contribution is -2.34. The van der Waals surface area contributed by atoms with Crippen LogP contribution in [0.25, 0.3) is 0 Å². The van der Waals surface area contributed by atoms with E-state index in [1.807, 2.05) is 6.92 Å². The number of benzene rings is 2. The number of para-hydroxylation sites is 2. The van der Waals surface area contributed by atoms with Crippen molar-refractivity contribution in [2.45, 2.75) is 6.92 Å². The Morgan fingerprint density at radius 2 is 2.04 bits per heavy atom. The quantitative estimate of drug-likeness (QED) is 0.544. The number of carbonyl (C=O) groups is 1. The van der Waals surface area contributed by atoms with Crippen molar-refractivity contribution in [2.24, 2.45) is 0 Å². The highest BCUT2D eigenvalue weighted by atomic mass is 79.9. The second-order valence-electron chi connectivity index (χ2n) is 4.50. The fraction of sp³-hybridized carbons (Fsp3) is 0.125. The van der Waals surface area contributed by atoms with Gasteiger partial charge in [0.15, 0.2) is 5.11 Å². The van der Waals surface area contributed by atoms with Crippen LogP contribution in [0.2, 0.25) is 0 Å². The molecule has 2 aromatic rings. The summed E-state index contributed by atoms with van der Waals surface area (Å²) in [7, 11) is 0. The predicted octanol–water partition coefficient (Wildman–Crippen LogP) is 3.68. The molecule has 0 radical (unpaired) electrons. The summed E-state index contributed by atoms with van der Waals surface area (Å²) >= 11 is 8.43. The number of rotatable bonds is 4. The molecule has 0 unspecified atom stereocenters. The molecule has 23 heavy (non-hydrogen) atoms. The third kappa shape index (κ3) is 4.67. The van der Waals surface area contributed by atoms with Gasteiger partial charge in [0.25, 0.3) is 5.91 Å². The Bertz CT molecular complexity index is 737. The number of phenolic OH excluding ortho intramolecular Hbond substituents is 1. The van der Waals surface area contributed by atoms with Crippen LogP contribution in [0.1, 0.15) is 17.3 Å². The number of nitrogens with one attached hydrogen (secondary N) is 2. The molecule has 120 valence electrons.